The van der Waals surface area contributed by atoms with E-state index in [-0.39, 0.29) is 17.2 Å². The molecule has 0 fully saturated rings. The second kappa shape index (κ2) is 8.50. The van der Waals surface area contributed by atoms with Crippen LogP contribution >= 0.6 is 0 Å². The number of benzene rings is 2. The maximum absolute atomic E-state index is 14.6. The van der Waals surface area contributed by atoms with Gasteiger partial charge in [-0.25, -0.2) is 17.8 Å². The normalized spacial score (nSPS) is 12.5. The Balaban J connectivity index is 1.81. The molecule has 1 heterocycles. The molecule has 0 aliphatic rings. The summed E-state index contributed by atoms with van der Waals surface area (Å²) in [5, 5.41) is 3.62. The Morgan fingerprint density at radius 2 is 1.84 bits per heavy atom. The number of aryl methyl sites for hydroxylation is 1. The Bertz CT molecular complexity index is 1260. The highest BCUT2D eigenvalue weighted by Crippen LogP contribution is 2.26. The molecule has 1 atom stereocenters. The van der Waals surface area contributed by atoms with Gasteiger partial charge < -0.3 is 10.2 Å². The van der Waals surface area contributed by atoms with Crippen molar-refractivity contribution >= 4 is 38.3 Å². The van der Waals surface area contributed by atoms with Crippen LogP contribution in [0.5, 0.6) is 0 Å². The Labute approximate surface area is 181 Å². The minimum Gasteiger partial charge on any atom is -0.363 e. The van der Waals surface area contributed by atoms with E-state index in [2.05, 4.69) is 15.0 Å². The quantitative estimate of drug-likeness (QED) is 0.606. The van der Waals surface area contributed by atoms with E-state index in [4.69, 9.17) is 0 Å². The molecule has 0 unspecified atom stereocenters. The Kier molecular flexibility index (Phi) is 6.17. The molecule has 0 saturated heterocycles. The van der Waals surface area contributed by atoms with Crippen molar-refractivity contribution < 1.29 is 17.6 Å². The van der Waals surface area contributed by atoms with Crippen molar-refractivity contribution in [2.45, 2.75) is 19.9 Å². The maximum atomic E-state index is 14.6. The predicted octanol–water partition coefficient (Wildman–Crippen LogP) is 3.61. The summed E-state index contributed by atoms with van der Waals surface area (Å²) in [5.41, 5.74) is 2.19. The van der Waals surface area contributed by atoms with Gasteiger partial charge in [0.15, 0.2) is 0 Å². The molecule has 31 heavy (non-hydrogen) atoms. The summed E-state index contributed by atoms with van der Waals surface area (Å²) >= 11 is 0. The third-order valence-corrected chi connectivity index (χ3v) is 5.44. The van der Waals surface area contributed by atoms with Crippen LogP contribution in [0.1, 0.15) is 34.5 Å². The summed E-state index contributed by atoms with van der Waals surface area (Å²) in [6.07, 6.45) is 1.00. The van der Waals surface area contributed by atoms with Gasteiger partial charge in [0.2, 0.25) is 10.0 Å². The van der Waals surface area contributed by atoms with Crippen LogP contribution in [0.2, 0.25) is 0 Å². The third kappa shape index (κ3) is 5.29. The van der Waals surface area contributed by atoms with Crippen LogP contribution in [0.3, 0.4) is 0 Å². The molecule has 0 aliphatic heterocycles. The van der Waals surface area contributed by atoms with Crippen molar-refractivity contribution in [3.05, 3.63) is 65.0 Å². The fourth-order valence-electron chi connectivity index (χ4n) is 3.21. The number of anilines is 2. The number of halogens is 1. The number of hydrogen-bond donors (Lipinski definition) is 2. The number of rotatable bonds is 6. The van der Waals surface area contributed by atoms with E-state index in [9.17, 15) is 17.6 Å². The number of aromatic nitrogens is 1. The number of pyridine rings is 1. The molecule has 0 radical (unpaired) electrons. The van der Waals surface area contributed by atoms with Crippen molar-refractivity contribution in [1.82, 2.24) is 10.3 Å². The molecule has 7 nitrogen and oxygen atoms in total. The molecule has 164 valence electrons. The largest absolute Gasteiger partial charge is 0.363 e. The van der Waals surface area contributed by atoms with E-state index < -0.39 is 21.9 Å². The number of amides is 1. The molecule has 2 aromatic carbocycles. The van der Waals surface area contributed by atoms with Gasteiger partial charge in [-0.15, -0.1) is 0 Å². The first kappa shape index (κ1) is 22.5. The second-order valence-corrected chi connectivity index (χ2v) is 9.48. The van der Waals surface area contributed by atoms with Gasteiger partial charge in [-0.1, -0.05) is 0 Å². The number of carbonyl (C=O) groups excluding carboxylic acids is 1. The van der Waals surface area contributed by atoms with Crippen LogP contribution in [0.4, 0.5) is 15.9 Å². The molecule has 0 bridgehead atoms. The molecule has 0 aliphatic carbocycles. The highest BCUT2D eigenvalue weighted by Gasteiger charge is 2.18. The molecular weight excluding hydrogens is 419 g/mol. The average Bonchev–Trinajstić information content (AvgIpc) is 2.68. The average molecular weight is 445 g/mol. The molecule has 0 spiro atoms. The number of nitrogens with zero attached hydrogens (tertiary/aromatic N) is 2. The molecule has 9 heteroatoms. The van der Waals surface area contributed by atoms with E-state index in [1.165, 1.54) is 6.07 Å². The van der Waals surface area contributed by atoms with Gasteiger partial charge in [-0.2, -0.15) is 0 Å². The molecule has 3 rings (SSSR count). The lowest BCUT2D eigenvalue weighted by Gasteiger charge is -2.18. The zero-order valence-corrected chi connectivity index (χ0v) is 18.8. The summed E-state index contributed by atoms with van der Waals surface area (Å²) in [6.45, 7) is 3.34. The van der Waals surface area contributed by atoms with Crippen LogP contribution in [0, 0.1) is 12.7 Å². The fraction of sp³-hybridized carbons (Fsp3) is 0.273. The minimum atomic E-state index is -3.52. The molecule has 0 saturated carbocycles. The lowest BCUT2D eigenvalue weighted by atomic mass is 10.0. The topological polar surface area (TPSA) is 91.4 Å². The van der Waals surface area contributed by atoms with Crippen molar-refractivity contribution in [1.29, 1.82) is 0 Å². The smallest absolute Gasteiger partial charge is 0.251 e. The third-order valence-electron chi connectivity index (χ3n) is 4.85. The fourth-order valence-corrected chi connectivity index (χ4v) is 3.83. The van der Waals surface area contributed by atoms with Crippen LogP contribution in [0.15, 0.2) is 42.5 Å². The van der Waals surface area contributed by atoms with Crippen LogP contribution in [0.25, 0.3) is 10.9 Å². The Morgan fingerprint density at radius 1 is 1.13 bits per heavy atom. The Hall–Kier alpha value is -3.20. The number of fused-ring (bicyclic) bond motifs is 1. The molecule has 2 N–H and O–H groups in total. The molecular formula is C22H25FN4O3S. The van der Waals surface area contributed by atoms with Crippen molar-refractivity contribution in [3.8, 4) is 0 Å². The van der Waals surface area contributed by atoms with Crippen LogP contribution in [-0.4, -0.2) is 39.7 Å². The van der Waals surface area contributed by atoms with Gasteiger partial charge in [0.1, 0.15) is 11.6 Å². The van der Waals surface area contributed by atoms with E-state index in [1.54, 1.807) is 32.0 Å². The van der Waals surface area contributed by atoms with E-state index in [0.29, 0.717) is 11.1 Å². The van der Waals surface area contributed by atoms with Gasteiger partial charge in [0.25, 0.3) is 5.91 Å². The summed E-state index contributed by atoms with van der Waals surface area (Å²) in [6, 6.07) is 11.0. The second-order valence-electron chi connectivity index (χ2n) is 7.73. The summed E-state index contributed by atoms with van der Waals surface area (Å²) in [4.78, 5) is 19.2. The first-order chi connectivity index (χ1) is 14.4. The highest BCUT2D eigenvalue weighted by atomic mass is 32.2. The number of nitrogens with one attached hydrogen (secondary N) is 2. The van der Waals surface area contributed by atoms with Crippen LogP contribution in [-0.2, 0) is 10.0 Å². The minimum absolute atomic E-state index is 0.168. The summed E-state index contributed by atoms with van der Waals surface area (Å²) in [7, 11) is 0.285. The van der Waals surface area contributed by atoms with Gasteiger partial charge in [-0.05, 0) is 61.9 Å². The van der Waals surface area contributed by atoms with Crippen molar-refractivity contribution in [2.24, 2.45) is 0 Å². The van der Waals surface area contributed by atoms with E-state index >= 15 is 0 Å². The monoisotopic (exact) mass is 444 g/mol. The predicted molar refractivity (Wildman–Crippen MR) is 122 cm³/mol. The number of carbonyl (C=O) groups is 1. The molecule has 3 aromatic rings. The number of hydrogen-bond acceptors (Lipinski definition) is 5. The lowest BCUT2D eigenvalue weighted by Crippen LogP contribution is -2.27. The van der Waals surface area contributed by atoms with E-state index in [1.807, 2.05) is 31.1 Å². The van der Waals surface area contributed by atoms with Gasteiger partial charge in [0, 0.05) is 30.6 Å². The zero-order chi connectivity index (χ0) is 22.9. The molecule has 1 amide bonds. The summed E-state index contributed by atoms with van der Waals surface area (Å²) < 4.78 is 39.8. The highest BCUT2D eigenvalue weighted by molar-refractivity contribution is 7.92. The Morgan fingerprint density at radius 3 is 2.48 bits per heavy atom. The van der Waals surface area contributed by atoms with Gasteiger partial charge in [-0.3, -0.25) is 9.52 Å². The van der Waals surface area contributed by atoms with E-state index in [0.717, 1.165) is 29.0 Å². The maximum Gasteiger partial charge on any atom is 0.251 e. The van der Waals surface area contributed by atoms with Gasteiger partial charge in [0.05, 0.1) is 23.5 Å². The van der Waals surface area contributed by atoms with Gasteiger partial charge >= 0.3 is 0 Å². The number of sulfonamides is 1. The first-order valence-electron chi connectivity index (χ1n) is 9.61. The molecule has 1 aromatic heterocycles. The lowest BCUT2D eigenvalue weighted by molar-refractivity contribution is 0.0939. The van der Waals surface area contributed by atoms with Crippen molar-refractivity contribution in [3.63, 3.8) is 0 Å². The van der Waals surface area contributed by atoms with Crippen LogP contribution < -0.4 is 14.9 Å². The van der Waals surface area contributed by atoms with Crippen molar-refractivity contribution in [2.75, 3.05) is 30.0 Å². The first-order valence-corrected chi connectivity index (χ1v) is 11.5. The zero-order valence-electron chi connectivity index (χ0n) is 18.0. The summed E-state index contributed by atoms with van der Waals surface area (Å²) in [5.74, 6) is -0.136. The standard InChI is InChI=1S/C22H25FN4O3S/c1-13-10-17(18(23)12-20(13)26-31(5,29)30)14(2)24-22(28)16-6-8-19-15(11-16)7-9-21(25-19)27(3)4/h6-12,14,26H,1-5H3,(H,24,28)/t14-/m1/s1. The SMILES string of the molecule is Cc1cc([C@@H](C)NC(=O)c2ccc3nc(N(C)C)ccc3c2)c(F)cc1NS(C)(=O)=O.